The second-order valence-corrected chi connectivity index (χ2v) is 6.69. The molecule has 1 atom stereocenters. The van der Waals surface area contributed by atoms with E-state index >= 15 is 0 Å². The van der Waals surface area contributed by atoms with Crippen molar-refractivity contribution < 1.29 is 9.90 Å². The van der Waals surface area contributed by atoms with Crippen molar-refractivity contribution >= 4 is 5.91 Å². The van der Waals surface area contributed by atoms with Gasteiger partial charge in [0.05, 0.1) is 12.6 Å². The van der Waals surface area contributed by atoms with Crippen LogP contribution in [0.1, 0.15) is 29.9 Å². The first kappa shape index (κ1) is 17.6. The third-order valence-corrected chi connectivity index (χ3v) is 4.77. The Kier molecular flexibility index (Phi) is 6.20. The fourth-order valence-electron chi connectivity index (χ4n) is 3.47. The zero-order chi connectivity index (χ0) is 17.5. The molecule has 0 aliphatic carbocycles. The van der Waals surface area contributed by atoms with E-state index in [1.165, 1.54) is 11.1 Å². The molecule has 1 aliphatic heterocycles. The number of nitrogens with zero attached hydrogens (tertiary/aromatic N) is 1. The van der Waals surface area contributed by atoms with Gasteiger partial charge in [-0.05, 0) is 24.0 Å². The van der Waals surface area contributed by atoms with Gasteiger partial charge >= 0.3 is 0 Å². The van der Waals surface area contributed by atoms with Crippen LogP contribution in [0.25, 0.3) is 0 Å². The van der Waals surface area contributed by atoms with E-state index in [0.29, 0.717) is 19.6 Å². The van der Waals surface area contributed by atoms with Crippen LogP contribution in [0.4, 0.5) is 0 Å². The van der Waals surface area contributed by atoms with Gasteiger partial charge in [-0.25, -0.2) is 0 Å². The molecular weight excluding hydrogens is 312 g/mol. The van der Waals surface area contributed by atoms with Crippen LogP contribution < -0.4 is 5.32 Å². The monoisotopic (exact) mass is 338 g/mol. The zero-order valence-corrected chi connectivity index (χ0v) is 14.5. The van der Waals surface area contributed by atoms with E-state index in [1.807, 2.05) is 17.0 Å². The van der Waals surface area contributed by atoms with Crippen molar-refractivity contribution in [2.24, 2.45) is 0 Å². The fourth-order valence-corrected chi connectivity index (χ4v) is 3.47. The molecule has 1 saturated heterocycles. The predicted molar refractivity (Wildman–Crippen MR) is 99.4 cm³/mol. The maximum Gasteiger partial charge on any atom is 0.234 e. The molecule has 3 rings (SSSR count). The van der Waals surface area contributed by atoms with Crippen LogP contribution in [0.5, 0.6) is 0 Å². The third kappa shape index (κ3) is 5.15. The van der Waals surface area contributed by atoms with Crippen LogP contribution >= 0.6 is 0 Å². The highest BCUT2D eigenvalue weighted by atomic mass is 16.3. The van der Waals surface area contributed by atoms with Gasteiger partial charge in [0.25, 0.3) is 0 Å². The SMILES string of the molecule is O=C(CN1CC[C@H](O)C1)NCCC(c1ccccc1)c1ccccc1. The van der Waals surface area contributed by atoms with Crippen molar-refractivity contribution in [2.75, 3.05) is 26.2 Å². The smallest absolute Gasteiger partial charge is 0.234 e. The van der Waals surface area contributed by atoms with E-state index < -0.39 is 0 Å². The fraction of sp³-hybridized carbons (Fsp3) is 0.381. The molecule has 4 heteroatoms. The van der Waals surface area contributed by atoms with Gasteiger partial charge in [0.2, 0.25) is 5.91 Å². The van der Waals surface area contributed by atoms with E-state index in [9.17, 15) is 9.90 Å². The number of carbonyl (C=O) groups is 1. The summed E-state index contributed by atoms with van der Waals surface area (Å²) in [7, 11) is 0. The Labute approximate surface area is 149 Å². The number of aliphatic hydroxyl groups is 1. The average molecular weight is 338 g/mol. The first-order valence-corrected chi connectivity index (χ1v) is 8.99. The summed E-state index contributed by atoms with van der Waals surface area (Å²) in [5, 5.41) is 12.6. The highest BCUT2D eigenvalue weighted by molar-refractivity contribution is 5.78. The molecule has 1 amide bonds. The maximum absolute atomic E-state index is 12.1. The number of amides is 1. The highest BCUT2D eigenvalue weighted by Crippen LogP contribution is 2.27. The lowest BCUT2D eigenvalue weighted by atomic mass is 9.88. The minimum absolute atomic E-state index is 0.0361. The van der Waals surface area contributed by atoms with E-state index in [1.54, 1.807) is 0 Å². The number of nitrogens with one attached hydrogen (secondary N) is 1. The molecule has 25 heavy (non-hydrogen) atoms. The summed E-state index contributed by atoms with van der Waals surface area (Å²) in [6.07, 6.45) is 1.34. The summed E-state index contributed by atoms with van der Waals surface area (Å²) < 4.78 is 0. The lowest BCUT2D eigenvalue weighted by Gasteiger charge is -2.19. The Morgan fingerprint density at radius 1 is 1.08 bits per heavy atom. The number of rotatable bonds is 7. The first-order chi connectivity index (χ1) is 12.2. The number of hydrogen-bond donors (Lipinski definition) is 2. The summed E-state index contributed by atoms with van der Waals surface area (Å²) in [5.74, 6) is 0.310. The molecule has 0 unspecified atom stereocenters. The minimum atomic E-state index is -0.284. The summed E-state index contributed by atoms with van der Waals surface area (Å²) in [4.78, 5) is 14.1. The number of aliphatic hydroxyl groups excluding tert-OH is 1. The van der Waals surface area contributed by atoms with Gasteiger partial charge in [-0.2, -0.15) is 0 Å². The molecule has 0 bridgehead atoms. The van der Waals surface area contributed by atoms with Gasteiger partial charge in [0.15, 0.2) is 0 Å². The molecule has 1 fully saturated rings. The van der Waals surface area contributed by atoms with E-state index in [2.05, 4.69) is 53.8 Å². The predicted octanol–water partition coefficient (Wildman–Crippen LogP) is 2.39. The lowest BCUT2D eigenvalue weighted by Crippen LogP contribution is -2.37. The molecule has 1 heterocycles. The van der Waals surface area contributed by atoms with Crippen LogP contribution in [-0.4, -0.2) is 48.2 Å². The van der Waals surface area contributed by atoms with Gasteiger partial charge in [0.1, 0.15) is 0 Å². The number of benzene rings is 2. The van der Waals surface area contributed by atoms with Gasteiger partial charge in [0, 0.05) is 25.6 Å². The number of hydrogen-bond acceptors (Lipinski definition) is 3. The van der Waals surface area contributed by atoms with Crippen molar-refractivity contribution in [3.8, 4) is 0 Å². The van der Waals surface area contributed by atoms with Crippen molar-refractivity contribution in [1.82, 2.24) is 10.2 Å². The zero-order valence-electron chi connectivity index (χ0n) is 14.5. The van der Waals surface area contributed by atoms with Crippen LogP contribution in [-0.2, 0) is 4.79 Å². The number of carbonyl (C=O) groups excluding carboxylic acids is 1. The first-order valence-electron chi connectivity index (χ1n) is 8.99. The number of β-amino-alcohol motifs (C(OH)–C–C–N with tert-alkyl or cyclic N) is 1. The summed E-state index contributed by atoms with van der Waals surface area (Å²) >= 11 is 0. The molecule has 2 aromatic rings. The molecule has 1 aliphatic rings. The Bertz CT molecular complexity index is 621. The van der Waals surface area contributed by atoms with Crippen molar-refractivity contribution in [1.29, 1.82) is 0 Å². The van der Waals surface area contributed by atoms with E-state index in [0.717, 1.165) is 19.4 Å². The molecule has 2 aromatic carbocycles. The summed E-state index contributed by atoms with van der Waals surface area (Å²) in [6, 6.07) is 20.9. The topological polar surface area (TPSA) is 52.6 Å². The Hall–Kier alpha value is -2.17. The van der Waals surface area contributed by atoms with Crippen LogP contribution in [0.3, 0.4) is 0 Å². The molecule has 0 aromatic heterocycles. The molecule has 0 saturated carbocycles. The molecule has 0 radical (unpaired) electrons. The summed E-state index contributed by atoms with van der Waals surface area (Å²) in [6.45, 7) is 2.41. The second kappa shape index (κ2) is 8.79. The Morgan fingerprint density at radius 2 is 1.68 bits per heavy atom. The van der Waals surface area contributed by atoms with Gasteiger partial charge in [-0.3, -0.25) is 9.69 Å². The molecule has 2 N–H and O–H groups in total. The molecule has 4 nitrogen and oxygen atoms in total. The van der Waals surface area contributed by atoms with Crippen LogP contribution in [0.15, 0.2) is 60.7 Å². The summed E-state index contributed by atoms with van der Waals surface area (Å²) in [5.41, 5.74) is 2.54. The minimum Gasteiger partial charge on any atom is -0.392 e. The van der Waals surface area contributed by atoms with Crippen molar-refractivity contribution in [2.45, 2.75) is 24.9 Å². The quantitative estimate of drug-likeness (QED) is 0.815. The van der Waals surface area contributed by atoms with Crippen LogP contribution in [0, 0.1) is 0 Å². The van der Waals surface area contributed by atoms with Gasteiger partial charge in [-0.15, -0.1) is 0 Å². The molecular formula is C21H26N2O2. The van der Waals surface area contributed by atoms with Gasteiger partial charge in [-0.1, -0.05) is 60.7 Å². The highest BCUT2D eigenvalue weighted by Gasteiger charge is 2.22. The second-order valence-electron chi connectivity index (χ2n) is 6.69. The largest absolute Gasteiger partial charge is 0.392 e. The normalized spacial score (nSPS) is 17.8. The third-order valence-electron chi connectivity index (χ3n) is 4.77. The van der Waals surface area contributed by atoms with E-state index in [-0.39, 0.29) is 17.9 Å². The van der Waals surface area contributed by atoms with Crippen molar-refractivity contribution in [3.63, 3.8) is 0 Å². The van der Waals surface area contributed by atoms with E-state index in [4.69, 9.17) is 0 Å². The Balaban J connectivity index is 1.55. The Morgan fingerprint density at radius 3 is 2.20 bits per heavy atom. The molecule has 0 spiro atoms. The maximum atomic E-state index is 12.1. The van der Waals surface area contributed by atoms with Crippen molar-refractivity contribution in [3.05, 3.63) is 71.8 Å². The standard InChI is InChI=1S/C21H26N2O2/c24-19-12-14-23(15-19)16-21(25)22-13-11-20(17-7-3-1-4-8-17)18-9-5-2-6-10-18/h1-10,19-20,24H,11-16H2,(H,22,25)/t19-/m0/s1. The lowest BCUT2D eigenvalue weighted by molar-refractivity contribution is -0.122. The number of likely N-dealkylation sites (tertiary alicyclic amines) is 1. The molecule has 132 valence electrons. The average Bonchev–Trinajstić information content (AvgIpc) is 3.05. The van der Waals surface area contributed by atoms with Gasteiger partial charge < -0.3 is 10.4 Å². The van der Waals surface area contributed by atoms with Crippen LogP contribution in [0.2, 0.25) is 0 Å².